The predicted molar refractivity (Wildman–Crippen MR) is 78.3 cm³/mol. The first-order valence-electron chi connectivity index (χ1n) is 6.93. The molecule has 26 heavy (non-hydrogen) atoms. The number of carbonyl (C=O) groups is 3. The van der Waals surface area contributed by atoms with Gasteiger partial charge in [0.15, 0.2) is 11.0 Å². The molecule has 1 unspecified atom stereocenters. The molecule has 10 nitrogen and oxygen atoms in total. The Morgan fingerprint density at radius 2 is 1.85 bits per heavy atom. The summed E-state index contributed by atoms with van der Waals surface area (Å²) in [6.45, 7) is -2.17. The first-order chi connectivity index (χ1) is 12.0. The van der Waals surface area contributed by atoms with Crippen LogP contribution < -0.4 is 9.80 Å². The lowest BCUT2D eigenvalue weighted by molar-refractivity contribution is -0.197. The molecule has 140 valence electrons. The van der Waals surface area contributed by atoms with E-state index >= 15 is 0 Å². The molecule has 0 spiro atoms. The number of hydrogen-bond acceptors (Lipinski definition) is 6. The van der Waals surface area contributed by atoms with Gasteiger partial charge in [0.25, 0.3) is 5.91 Å². The van der Waals surface area contributed by atoms with E-state index in [1.807, 2.05) is 0 Å². The lowest BCUT2D eigenvalue weighted by atomic mass is 9.88. The van der Waals surface area contributed by atoms with Crippen LogP contribution in [0.15, 0.2) is 6.07 Å². The fraction of sp³-hybridized carbons (Fsp3) is 0.417. The van der Waals surface area contributed by atoms with Gasteiger partial charge in [0.05, 0.1) is 12.2 Å². The summed E-state index contributed by atoms with van der Waals surface area (Å²) in [6.07, 6.45) is -8.97. The molecule has 0 aromatic carbocycles. The second-order valence-electron chi connectivity index (χ2n) is 5.51. The van der Waals surface area contributed by atoms with Crippen molar-refractivity contribution in [1.82, 2.24) is 15.1 Å². The topological polar surface area (TPSA) is 127 Å². The van der Waals surface area contributed by atoms with Gasteiger partial charge >= 0.3 is 18.4 Å². The zero-order valence-corrected chi connectivity index (χ0v) is 13.3. The molecule has 3 amide bonds. The average Bonchev–Trinajstić information content (AvgIpc) is 2.53. The van der Waals surface area contributed by atoms with Gasteiger partial charge in [-0.3, -0.25) is 4.79 Å². The molecular weight excluding hydrogens is 387 g/mol. The van der Waals surface area contributed by atoms with Gasteiger partial charge in [-0.05, 0) is 0 Å². The van der Waals surface area contributed by atoms with Crippen molar-refractivity contribution in [2.45, 2.75) is 11.7 Å². The minimum atomic E-state index is -5.29. The number of imide groups is 1. The van der Waals surface area contributed by atoms with E-state index < -0.39 is 48.7 Å². The van der Waals surface area contributed by atoms with Crippen LogP contribution in [-0.2, 0) is 4.79 Å². The van der Waals surface area contributed by atoms with E-state index in [4.69, 9.17) is 16.7 Å². The average molecular weight is 396 g/mol. The summed E-state index contributed by atoms with van der Waals surface area (Å²) in [5.41, 5.74) is -3.81. The van der Waals surface area contributed by atoms with Gasteiger partial charge in [-0.2, -0.15) is 18.1 Å². The molecule has 0 radical (unpaired) electrons. The summed E-state index contributed by atoms with van der Waals surface area (Å²) in [5, 5.41) is 24.8. The Labute approximate surface area is 147 Å². The molecule has 1 atom stereocenters. The number of amides is 3. The Bertz CT molecular complexity index is 821. The molecule has 3 heterocycles. The summed E-state index contributed by atoms with van der Waals surface area (Å²) in [5.74, 6) is -2.51. The van der Waals surface area contributed by atoms with E-state index in [-0.39, 0.29) is 22.3 Å². The molecule has 1 fully saturated rings. The van der Waals surface area contributed by atoms with Crippen molar-refractivity contribution in [3.05, 3.63) is 11.2 Å². The first kappa shape index (κ1) is 18.0. The van der Waals surface area contributed by atoms with Crippen LogP contribution in [-0.4, -0.2) is 74.8 Å². The van der Waals surface area contributed by atoms with Gasteiger partial charge in [-0.1, -0.05) is 11.6 Å². The molecule has 3 rings (SSSR count). The number of anilines is 2. The lowest BCUT2D eigenvalue weighted by Crippen LogP contribution is -2.78. The number of piperazine rings is 1. The first-order valence-corrected chi connectivity index (χ1v) is 7.31. The highest BCUT2D eigenvalue weighted by atomic mass is 35.5. The molecule has 2 aliphatic rings. The Hall–Kier alpha value is -2.83. The van der Waals surface area contributed by atoms with Crippen molar-refractivity contribution in [1.29, 1.82) is 0 Å². The van der Waals surface area contributed by atoms with Crippen molar-refractivity contribution in [2.75, 3.05) is 29.4 Å². The van der Waals surface area contributed by atoms with Crippen LogP contribution in [0.3, 0.4) is 0 Å². The highest BCUT2D eigenvalue weighted by molar-refractivity contribution is 6.30. The molecule has 14 heteroatoms. The largest absolute Gasteiger partial charge is 0.465 e. The third kappa shape index (κ3) is 2.30. The fourth-order valence-corrected chi connectivity index (χ4v) is 3.20. The number of aromatic nitrogens is 2. The maximum absolute atomic E-state index is 14.0. The molecule has 0 aliphatic carbocycles. The van der Waals surface area contributed by atoms with E-state index in [0.29, 0.717) is 9.80 Å². The number of carbonyl (C=O) groups excluding carboxylic acids is 1. The quantitative estimate of drug-likeness (QED) is 0.672. The van der Waals surface area contributed by atoms with Crippen molar-refractivity contribution in [3.8, 4) is 0 Å². The van der Waals surface area contributed by atoms with Crippen LogP contribution in [0.2, 0.25) is 5.15 Å². The number of rotatable bonds is 0. The maximum atomic E-state index is 14.0. The Kier molecular flexibility index (Phi) is 3.86. The molecule has 2 N–H and O–H groups in total. The standard InChI is InChI=1S/C12H9ClF3N5O5/c13-6-3-5-7(18-17-6)21(10(25)26)8(22)11(12(14,15)16)4-19(9(23)24)1-2-20(5)11/h3H,1-2,4H2,(H,23,24)(H,25,26). The summed E-state index contributed by atoms with van der Waals surface area (Å²) in [4.78, 5) is 36.1. The van der Waals surface area contributed by atoms with Gasteiger partial charge in [-0.25, -0.2) is 9.59 Å². The number of alkyl halides is 3. The highest BCUT2D eigenvalue weighted by Crippen LogP contribution is 2.48. The second-order valence-corrected chi connectivity index (χ2v) is 5.90. The van der Waals surface area contributed by atoms with Crippen molar-refractivity contribution >= 4 is 41.2 Å². The summed E-state index contributed by atoms with van der Waals surface area (Å²) < 4.78 is 42.0. The number of halogens is 4. The number of nitrogens with zero attached hydrogens (tertiary/aromatic N) is 5. The van der Waals surface area contributed by atoms with Crippen molar-refractivity contribution in [2.24, 2.45) is 0 Å². The lowest BCUT2D eigenvalue weighted by Gasteiger charge is -2.53. The van der Waals surface area contributed by atoms with E-state index in [2.05, 4.69) is 10.2 Å². The number of carboxylic acid groups (broad SMARTS) is 2. The maximum Gasteiger partial charge on any atom is 0.422 e. The van der Waals surface area contributed by atoms with Crippen LogP contribution in [0.5, 0.6) is 0 Å². The fourth-order valence-electron chi connectivity index (χ4n) is 3.06. The van der Waals surface area contributed by atoms with Crippen molar-refractivity contribution < 1.29 is 37.8 Å². The molecule has 1 aromatic rings. The summed E-state index contributed by atoms with van der Waals surface area (Å²) in [6, 6.07) is 0.948. The van der Waals surface area contributed by atoms with E-state index in [1.54, 1.807) is 0 Å². The van der Waals surface area contributed by atoms with Crippen LogP contribution in [0.4, 0.5) is 34.3 Å². The monoisotopic (exact) mass is 395 g/mol. The van der Waals surface area contributed by atoms with Crippen LogP contribution >= 0.6 is 11.6 Å². The predicted octanol–water partition coefficient (Wildman–Crippen LogP) is 1.26. The number of fused-ring (bicyclic) bond motifs is 3. The second kappa shape index (κ2) is 5.59. The highest BCUT2D eigenvalue weighted by Gasteiger charge is 2.71. The molecule has 1 aromatic heterocycles. The van der Waals surface area contributed by atoms with Crippen molar-refractivity contribution in [3.63, 3.8) is 0 Å². The van der Waals surface area contributed by atoms with Crippen LogP contribution in [0.1, 0.15) is 0 Å². The molecule has 0 saturated carbocycles. The Balaban J connectivity index is 2.30. The van der Waals surface area contributed by atoms with Gasteiger partial charge in [0, 0.05) is 19.2 Å². The molecule has 2 aliphatic heterocycles. The Morgan fingerprint density at radius 3 is 2.38 bits per heavy atom. The normalized spacial score (nSPS) is 22.8. The van der Waals surface area contributed by atoms with Gasteiger partial charge in [-0.15, -0.1) is 10.2 Å². The van der Waals surface area contributed by atoms with Gasteiger partial charge < -0.3 is 20.0 Å². The van der Waals surface area contributed by atoms with E-state index in [9.17, 15) is 32.7 Å². The molecular formula is C12H9ClF3N5O5. The summed E-state index contributed by atoms with van der Waals surface area (Å²) in [7, 11) is 0. The molecule has 1 saturated heterocycles. The summed E-state index contributed by atoms with van der Waals surface area (Å²) >= 11 is 5.67. The van der Waals surface area contributed by atoms with E-state index in [1.165, 1.54) is 0 Å². The SMILES string of the molecule is O=C(O)N1CCN2c3cc(Cl)nnc3N(C(=O)O)C(=O)C2(C(F)(F)F)C1. The van der Waals surface area contributed by atoms with Crippen LogP contribution in [0, 0.1) is 0 Å². The minimum absolute atomic E-state index is 0.187. The third-order valence-electron chi connectivity index (χ3n) is 4.19. The third-order valence-corrected chi connectivity index (χ3v) is 4.37. The van der Waals surface area contributed by atoms with Gasteiger partial charge in [0.1, 0.15) is 0 Å². The smallest absolute Gasteiger partial charge is 0.422 e. The molecule has 0 bridgehead atoms. The van der Waals surface area contributed by atoms with Gasteiger partial charge in [0.2, 0.25) is 5.54 Å². The van der Waals surface area contributed by atoms with Crippen LogP contribution in [0.25, 0.3) is 0 Å². The zero-order chi connectivity index (χ0) is 19.4. The Morgan fingerprint density at radius 1 is 1.19 bits per heavy atom. The minimum Gasteiger partial charge on any atom is -0.465 e. The zero-order valence-electron chi connectivity index (χ0n) is 12.6. The number of hydrogen-bond donors (Lipinski definition) is 2. The van der Waals surface area contributed by atoms with E-state index in [0.717, 1.165) is 6.07 Å².